The predicted octanol–water partition coefficient (Wildman–Crippen LogP) is 1.65. The monoisotopic (exact) mass is 262 g/mol. The van der Waals surface area contributed by atoms with E-state index in [1.165, 1.54) is 26.2 Å². The summed E-state index contributed by atoms with van der Waals surface area (Å²) >= 11 is 0. The van der Waals surface area contributed by atoms with Gasteiger partial charge in [-0.15, -0.1) is 0 Å². The van der Waals surface area contributed by atoms with Gasteiger partial charge in [0.15, 0.2) is 5.78 Å². The van der Waals surface area contributed by atoms with Crippen molar-refractivity contribution in [3.05, 3.63) is 23.8 Å². The van der Waals surface area contributed by atoms with Crippen molar-refractivity contribution < 1.29 is 14.3 Å². The number of Topliss-reactive ketones (excluding diaryl/α,β-unsaturated/α-hetero) is 1. The third kappa shape index (κ3) is 3.91. The lowest BCUT2D eigenvalue weighted by atomic mass is 10.1. The number of amidine groups is 1. The zero-order valence-electron chi connectivity index (χ0n) is 10.5. The van der Waals surface area contributed by atoms with Crippen LogP contribution < -0.4 is 15.4 Å². The van der Waals surface area contributed by atoms with Crippen LogP contribution in [0.3, 0.4) is 0 Å². The van der Waals surface area contributed by atoms with Crippen molar-refractivity contribution in [1.29, 1.82) is 10.8 Å². The van der Waals surface area contributed by atoms with Crippen LogP contribution in [0.2, 0.25) is 0 Å². The van der Waals surface area contributed by atoms with Gasteiger partial charge in [-0.1, -0.05) is 0 Å². The van der Waals surface area contributed by atoms with Crippen LogP contribution in [0.4, 0.5) is 10.5 Å². The summed E-state index contributed by atoms with van der Waals surface area (Å²) in [6.45, 7) is 1.43. The van der Waals surface area contributed by atoms with Crippen LogP contribution in [0.15, 0.2) is 18.2 Å². The van der Waals surface area contributed by atoms with Gasteiger partial charge < -0.3 is 15.5 Å². The molecule has 0 aliphatic carbocycles. The molecule has 0 saturated carbocycles. The molecule has 0 saturated heterocycles. The van der Waals surface area contributed by atoms with Crippen LogP contribution in [0.5, 0.6) is 5.75 Å². The van der Waals surface area contributed by atoms with Gasteiger partial charge in [0.25, 0.3) is 0 Å². The number of carbonyl (C=O) groups excluding carboxylic acids is 2. The van der Waals surface area contributed by atoms with Crippen LogP contribution in [0.25, 0.3) is 0 Å². The van der Waals surface area contributed by atoms with E-state index in [9.17, 15) is 9.59 Å². The minimum atomic E-state index is -0.664. The molecule has 7 heteroatoms. The van der Waals surface area contributed by atoms with Crippen LogP contribution in [-0.2, 0) is 0 Å². The van der Waals surface area contributed by atoms with Crippen LogP contribution in [0, 0.1) is 10.8 Å². The fourth-order valence-corrected chi connectivity index (χ4v) is 1.33. The fourth-order valence-electron chi connectivity index (χ4n) is 1.33. The second-order valence-electron chi connectivity index (χ2n) is 3.61. The molecule has 1 aromatic rings. The molecule has 2 amide bonds. The maximum Gasteiger partial charge on any atom is 0.324 e. The average Bonchev–Trinajstić information content (AvgIpc) is 2.38. The fraction of sp³-hybridized carbons (Fsp3) is 0.167. The number of methoxy groups -OCH3 is 1. The van der Waals surface area contributed by atoms with E-state index in [0.29, 0.717) is 23.2 Å². The lowest BCUT2D eigenvalue weighted by Gasteiger charge is -2.11. The van der Waals surface area contributed by atoms with Crippen molar-refractivity contribution in [2.24, 2.45) is 0 Å². The number of ketones is 1. The first-order valence-electron chi connectivity index (χ1n) is 5.34. The van der Waals surface area contributed by atoms with Crippen molar-refractivity contribution in [1.82, 2.24) is 5.32 Å². The van der Waals surface area contributed by atoms with Gasteiger partial charge in [-0.3, -0.25) is 15.5 Å². The number of amides is 2. The largest absolute Gasteiger partial charge is 0.495 e. The van der Waals surface area contributed by atoms with E-state index in [1.54, 1.807) is 6.07 Å². The van der Waals surface area contributed by atoms with Gasteiger partial charge in [-0.2, -0.15) is 0 Å². The third-order valence-corrected chi connectivity index (χ3v) is 2.25. The molecule has 19 heavy (non-hydrogen) atoms. The highest BCUT2D eigenvalue weighted by Crippen LogP contribution is 2.25. The summed E-state index contributed by atoms with van der Waals surface area (Å²) in [5, 5.41) is 18.5. The molecule has 100 valence electrons. The summed E-state index contributed by atoms with van der Waals surface area (Å²) in [7, 11) is 1.42. The molecule has 4 N–H and O–H groups in total. The maximum absolute atomic E-state index is 11.5. The minimum Gasteiger partial charge on any atom is -0.495 e. The Balaban J connectivity index is 2.89. The Morgan fingerprint density at radius 3 is 2.58 bits per heavy atom. The van der Waals surface area contributed by atoms with Gasteiger partial charge >= 0.3 is 6.03 Å². The molecule has 0 radical (unpaired) electrons. The highest BCUT2D eigenvalue weighted by Gasteiger charge is 2.10. The highest BCUT2D eigenvalue weighted by atomic mass is 16.5. The SMILES string of the molecule is COc1cc(C(C)=O)ccc1NC(=O)NC(=N)C=N. The minimum absolute atomic E-state index is 0.111. The molecule has 0 atom stereocenters. The Hall–Kier alpha value is -2.70. The Morgan fingerprint density at radius 2 is 2.05 bits per heavy atom. The van der Waals surface area contributed by atoms with Crippen molar-refractivity contribution in [3.8, 4) is 5.75 Å². The van der Waals surface area contributed by atoms with Crippen LogP contribution in [-0.4, -0.2) is 31.0 Å². The molecule has 0 aliphatic heterocycles. The van der Waals surface area contributed by atoms with E-state index in [-0.39, 0.29) is 11.6 Å². The smallest absolute Gasteiger partial charge is 0.324 e. The number of urea groups is 1. The number of hydrogen-bond donors (Lipinski definition) is 4. The highest BCUT2D eigenvalue weighted by molar-refractivity contribution is 6.30. The van der Waals surface area contributed by atoms with E-state index in [4.69, 9.17) is 15.6 Å². The summed E-state index contributed by atoms with van der Waals surface area (Å²) in [6.07, 6.45) is 0.704. The molecule has 0 unspecified atom stereocenters. The van der Waals surface area contributed by atoms with Crippen molar-refractivity contribution in [2.45, 2.75) is 6.92 Å². The summed E-state index contributed by atoms with van der Waals surface area (Å²) in [5.74, 6) is -0.110. The standard InChI is InChI=1S/C12H14N4O3/c1-7(17)8-3-4-9(10(5-8)19-2)15-12(18)16-11(14)6-13/h3-6,13H,1-2H3,(H3,14,15,16,18). The summed E-state index contributed by atoms with van der Waals surface area (Å²) in [6, 6.07) is 3.94. The second-order valence-corrected chi connectivity index (χ2v) is 3.61. The van der Waals surface area contributed by atoms with E-state index in [2.05, 4.69) is 10.6 Å². The molecular weight excluding hydrogens is 248 g/mol. The molecule has 0 aliphatic rings. The number of anilines is 1. The molecule has 0 bridgehead atoms. The molecule has 1 aromatic carbocycles. The summed E-state index contributed by atoms with van der Waals surface area (Å²) in [4.78, 5) is 22.7. The first-order valence-corrected chi connectivity index (χ1v) is 5.34. The normalized spacial score (nSPS) is 9.37. The van der Waals surface area contributed by atoms with Gasteiger partial charge in [0, 0.05) is 5.56 Å². The number of hydrogen-bond acceptors (Lipinski definition) is 5. The van der Waals surface area contributed by atoms with Crippen molar-refractivity contribution in [3.63, 3.8) is 0 Å². The lowest BCUT2D eigenvalue weighted by Crippen LogP contribution is -2.34. The average molecular weight is 262 g/mol. The Bertz CT molecular complexity index is 540. The van der Waals surface area contributed by atoms with Gasteiger partial charge in [0.1, 0.15) is 11.6 Å². The van der Waals surface area contributed by atoms with Gasteiger partial charge in [-0.05, 0) is 25.1 Å². The van der Waals surface area contributed by atoms with E-state index in [1.807, 2.05) is 0 Å². The first-order chi connectivity index (χ1) is 8.97. The molecule has 0 spiro atoms. The topological polar surface area (TPSA) is 115 Å². The molecular formula is C12H14N4O3. The molecule has 1 rings (SSSR count). The summed E-state index contributed by atoms with van der Waals surface area (Å²) in [5.41, 5.74) is 0.831. The molecule has 0 aromatic heterocycles. The van der Waals surface area contributed by atoms with Gasteiger partial charge in [0.05, 0.1) is 19.0 Å². The number of carbonyl (C=O) groups is 2. The zero-order chi connectivity index (χ0) is 14.4. The zero-order valence-corrected chi connectivity index (χ0v) is 10.5. The van der Waals surface area contributed by atoms with E-state index >= 15 is 0 Å². The van der Waals surface area contributed by atoms with Crippen LogP contribution >= 0.6 is 0 Å². The number of ether oxygens (including phenoxy) is 1. The van der Waals surface area contributed by atoms with Crippen molar-refractivity contribution >= 4 is 29.6 Å². The summed E-state index contributed by atoms with van der Waals surface area (Å²) < 4.78 is 5.08. The Morgan fingerprint density at radius 1 is 1.37 bits per heavy atom. The number of benzene rings is 1. The molecule has 0 fully saturated rings. The Kier molecular flexibility index (Phi) is 4.76. The molecule has 0 heterocycles. The molecule has 7 nitrogen and oxygen atoms in total. The van der Waals surface area contributed by atoms with E-state index < -0.39 is 6.03 Å². The maximum atomic E-state index is 11.5. The number of nitrogens with one attached hydrogen (secondary N) is 4. The van der Waals surface area contributed by atoms with Gasteiger partial charge in [0.2, 0.25) is 0 Å². The Labute approximate surface area is 110 Å². The van der Waals surface area contributed by atoms with E-state index in [0.717, 1.165) is 0 Å². The first kappa shape index (κ1) is 14.4. The van der Waals surface area contributed by atoms with Gasteiger partial charge in [-0.25, -0.2) is 4.79 Å². The predicted molar refractivity (Wildman–Crippen MR) is 71.7 cm³/mol. The van der Waals surface area contributed by atoms with Crippen molar-refractivity contribution in [2.75, 3.05) is 12.4 Å². The lowest BCUT2D eigenvalue weighted by molar-refractivity contribution is 0.101. The second kappa shape index (κ2) is 6.29. The number of rotatable bonds is 4. The quantitative estimate of drug-likeness (QED) is 0.375. The third-order valence-electron chi connectivity index (χ3n) is 2.25. The van der Waals surface area contributed by atoms with Crippen LogP contribution in [0.1, 0.15) is 17.3 Å².